The predicted octanol–water partition coefficient (Wildman–Crippen LogP) is 4.22. The molecule has 1 aromatic heterocycles. The van der Waals surface area contributed by atoms with E-state index in [0.717, 1.165) is 24.8 Å². The highest BCUT2D eigenvalue weighted by Gasteiger charge is 2.23. The van der Waals surface area contributed by atoms with Crippen LogP contribution < -0.4 is 10.6 Å². The molecule has 2 N–H and O–H groups in total. The van der Waals surface area contributed by atoms with E-state index in [1.165, 1.54) is 34.8 Å². The SMILES string of the molecule is Cc1ccccc1C(=O)NC(CC(C)C)C(=O)NCCCc1nc2c(s1)CCCC2. The summed E-state index contributed by atoms with van der Waals surface area (Å²) in [5.74, 6) is 0.00546. The molecule has 1 unspecified atom stereocenters. The third-order valence-corrected chi connectivity index (χ3v) is 6.69. The number of thiazole rings is 1. The molecule has 1 heterocycles. The van der Waals surface area contributed by atoms with Gasteiger partial charge in [-0.05, 0) is 63.0 Å². The molecule has 3 rings (SSSR count). The maximum absolute atomic E-state index is 12.8. The Labute approximate surface area is 183 Å². The number of nitrogens with zero attached hydrogens (tertiary/aromatic N) is 1. The van der Waals surface area contributed by atoms with Crippen LogP contribution in [0.1, 0.15) is 71.0 Å². The van der Waals surface area contributed by atoms with Gasteiger partial charge in [0, 0.05) is 23.4 Å². The maximum Gasteiger partial charge on any atom is 0.252 e. The fourth-order valence-electron chi connectivity index (χ4n) is 3.85. The van der Waals surface area contributed by atoms with Crippen molar-refractivity contribution in [3.05, 3.63) is 51.0 Å². The molecule has 5 nitrogen and oxygen atoms in total. The second kappa shape index (κ2) is 10.7. The van der Waals surface area contributed by atoms with Gasteiger partial charge in [-0.25, -0.2) is 4.98 Å². The van der Waals surface area contributed by atoms with Gasteiger partial charge >= 0.3 is 0 Å². The van der Waals surface area contributed by atoms with Crippen LogP contribution in [-0.2, 0) is 24.1 Å². The quantitative estimate of drug-likeness (QED) is 0.589. The molecule has 0 fully saturated rings. The molecule has 30 heavy (non-hydrogen) atoms. The zero-order valence-corrected chi connectivity index (χ0v) is 19.1. The van der Waals surface area contributed by atoms with Crippen molar-refractivity contribution in [3.63, 3.8) is 0 Å². The number of aryl methyl sites for hydroxylation is 4. The number of rotatable bonds is 9. The Balaban J connectivity index is 1.50. The topological polar surface area (TPSA) is 71.1 Å². The zero-order valence-electron chi connectivity index (χ0n) is 18.3. The number of carbonyl (C=O) groups excluding carboxylic acids is 2. The van der Waals surface area contributed by atoms with Gasteiger partial charge in [-0.2, -0.15) is 0 Å². The molecule has 2 amide bonds. The van der Waals surface area contributed by atoms with Gasteiger partial charge in [0.15, 0.2) is 0 Å². The summed E-state index contributed by atoms with van der Waals surface area (Å²) in [5.41, 5.74) is 2.82. The van der Waals surface area contributed by atoms with Crippen LogP contribution in [0.5, 0.6) is 0 Å². The Kier molecular flexibility index (Phi) is 8.02. The first-order valence-electron chi connectivity index (χ1n) is 11.1. The minimum atomic E-state index is -0.524. The van der Waals surface area contributed by atoms with Gasteiger partial charge in [0.25, 0.3) is 5.91 Å². The molecule has 1 aromatic carbocycles. The molecular formula is C24H33N3O2S. The van der Waals surface area contributed by atoms with Gasteiger partial charge in [-0.15, -0.1) is 11.3 Å². The summed E-state index contributed by atoms with van der Waals surface area (Å²) in [6.07, 6.45) is 7.17. The van der Waals surface area contributed by atoms with Crippen molar-refractivity contribution < 1.29 is 9.59 Å². The van der Waals surface area contributed by atoms with Crippen molar-refractivity contribution >= 4 is 23.2 Å². The zero-order chi connectivity index (χ0) is 21.5. The molecular weight excluding hydrogens is 394 g/mol. The molecule has 162 valence electrons. The van der Waals surface area contributed by atoms with Gasteiger partial charge in [0.1, 0.15) is 6.04 Å². The first-order chi connectivity index (χ1) is 14.4. The van der Waals surface area contributed by atoms with Gasteiger partial charge in [0.2, 0.25) is 5.91 Å². The molecule has 0 saturated heterocycles. The molecule has 6 heteroatoms. The van der Waals surface area contributed by atoms with Crippen LogP contribution in [0.15, 0.2) is 24.3 Å². The average Bonchev–Trinajstić information content (AvgIpc) is 3.13. The Morgan fingerprint density at radius 2 is 1.93 bits per heavy atom. The van der Waals surface area contributed by atoms with Crippen LogP contribution in [0.25, 0.3) is 0 Å². The average molecular weight is 428 g/mol. The van der Waals surface area contributed by atoms with E-state index in [9.17, 15) is 9.59 Å². The number of amides is 2. The van der Waals surface area contributed by atoms with Crippen LogP contribution in [-0.4, -0.2) is 29.4 Å². The third-order valence-electron chi connectivity index (χ3n) is 5.48. The lowest BCUT2D eigenvalue weighted by molar-refractivity contribution is -0.123. The summed E-state index contributed by atoms with van der Waals surface area (Å²) >= 11 is 1.84. The molecule has 1 aliphatic rings. The first-order valence-corrected chi connectivity index (χ1v) is 11.9. The van der Waals surface area contributed by atoms with Gasteiger partial charge < -0.3 is 10.6 Å². The number of benzene rings is 1. The molecule has 2 aromatic rings. The Hall–Kier alpha value is -2.21. The summed E-state index contributed by atoms with van der Waals surface area (Å²) in [7, 11) is 0. The van der Waals surface area contributed by atoms with Crippen molar-refractivity contribution in [1.29, 1.82) is 0 Å². The highest BCUT2D eigenvalue weighted by Crippen LogP contribution is 2.27. The number of carbonyl (C=O) groups is 2. The lowest BCUT2D eigenvalue weighted by Gasteiger charge is -2.20. The van der Waals surface area contributed by atoms with Gasteiger partial charge in [-0.3, -0.25) is 9.59 Å². The minimum Gasteiger partial charge on any atom is -0.354 e. The Bertz CT molecular complexity index is 852. The van der Waals surface area contributed by atoms with E-state index in [0.29, 0.717) is 24.4 Å². The van der Waals surface area contributed by atoms with Crippen LogP contribution in [0, 0.1) is 12.8 Å². The van der Waals surface area contributed by atoms with Crippen LogP contribution in [0.4, 0.5) is 0 Å². The fraction of sp³-hybridized carbons (Fsp3) is 0.542. The second-order valence-corrected chi connectivity index (χ2v) is 9.72. The van der Waals surface area contributed by atoms with E-state index in [-0.39, 0.29) is 11.8 Å². The monoisotopic (exact) mass is 427 g/mol. The van der Waals surface area contributed by atoms with E-state index in [1.54, 1.807) is 6.07 Å². The summed E-state index contributed by atoms with van der Waals surface area (Å²) in [6.45, 7) is 6.62. The van der Waals surface area contributed by atoms with Gasteiger partial charge in [-0.1, -0.05) is 32.0 Å². The highest BCUT2D eigenvalue weighted by molar-refractivity contribution is 7.11. The predicted molar refractivity (Wildman–Crippen MR) is 122 cm³/mol. The van der Waals surface area contributed by atoms with Gasteiger partial charge in [0.05, 0.1) is 10.7 Å². The van der Waals surface area contributed by atoms with E-state index in [1.807, 2.05) is 36.5 Å². The minimum absolute atomic E-state index is 0.107. The summed E-state index contributed by atoms with van der Waals surface area (Å²) < 4.78 is 0. The Morgan fingerprint density at radius 3 is 2.67 bits per heavy atom. The van der Waals surface area contributed by atoms with Crippen LogP contribution >= 0.6 is 11.3 Å². The lowest BCUT2D eigenvalue weighted by Crippen LogP contribution is -2.47. The fourth-order valence-corrected chi connectivity index (χ4v) is 5.05. The van der Waals surface area contributed by atoms with Crippen molar-refractivity contribution in [3.8, 4) is 0 Å². The van der Waals surface area contributed by atoms with Crippen LogP contribution in [0.2, 0.25) is 0 Å². The number of aromatic nitrogens is 1. The van der Waals surface area contributed by atoms with E-state index in [2.05, 4.69) is 24.5 Å². The number of hydrogen-bond donors (Lipinski definition) is 2. The molecule has 0 bridgehead atoms. The van der Waals surface area contributed by atoms with Crippen molar-refractivity contribution in [1.82, 2.24) is 15.6 Å². The van der Waals surface area contributed by atoms with Crippen molar-refractivity contribution in [2.24, 2.45) is 5.92 Å². The van der Waals surface area contributed by atoms with Crippen molar-refractivity contribution in [2.45, 2.75) is 71.8 Å². The standard InChI is InChI=1S/C24H33N3O2S/c1-16(2)15-20(27-23(28)18-10-5-4-9-17(18)3)24(29)25-14-8-13-22-26-19-11-6-7-12-21(19)30-22/h4-5,9-10,16,20H,6-8,11-15H2,1-3H3,(H,25,29)(H,27,28). The van der Waals surface area contributed by atoms with Crippen molar-refractivity contribution in [2.75, 3.05) is 6.54 Å². The van der Waals surface area contributed by atoms with Crippen LogP contribution in [0.3, 0.4) is 0 Å². The van der Waals surface area contributed by atoms with E-state index >= 15 is 0 Å². The maximum atomic E-state index is 12.8. The van der Waals surface area contributed by atoms with E-state index < -0.39 is 6.04 Å². The highest BCUT2D eigenvalue weighted by atomic mass is 32.1. The third kappa shape index (κ3) is 6.14. The molecule has 0 radical (unpaired) electrons. The second-order valence-electron chi connectivity index (χ2n) is 8.55. The summed E-state index contributed by atoms with van der Waals surface area (Å²) in [6, 6.07) is 6.93. The molecule has 0 spiro atoms. The number of hydrogen-bond acceptors (Lipinski definition) is 4. The molecule has 1 atom stereocenters. The normalized spacial score (nSPS) is 14.3. The Morgan fingerprint density at radius 1 is 1.17 bits per heavy atom. The molecule has 1 aliphatic carbocycles. The summed E-state index contributed by atoms with van der Waals surface area (Å²) in [5, 5.41) is 7.13. The molecule has 0 aliphatic heterocycles. The van der Waals surface area contributed by atoms with E-state index in [4.69, 9.17) is 4.98 Å². The lowest BCUT2D eigenvalue weighted by atomic mass is 10.0. The number of nitrogens with one attached hydrogen (secondary N) is 2. The smallest absolute Gasteiger partial charge is 0.252 e. The molecule has 0 saturated carbocycles. The first kappa shape index (κ1) is 22.5. The number of fused-ring (bicyclic) bond motifs is 1. The summed E-state index contributed by atoms with van der Waals surface area (Å²) in [4.78, 5) is 31.7. The largest absolute Gasteiger partial charge is 0.354 e.